The monoisotopic (exact) mass is 374 g/mol. The van der Waals surface area contributed by atoms with Gasteiger partial charge in [-0.3, -0.25) is 14.5 Å². The molecule has 0 bridgehead atoms. The molecule has 0 saturated carbocycles. The van der Waals surface area contributed by atoms with Gasteiger partial charge in [-0.15, -0.1) is 23.1 Å². The first-order chi connectivity index (χ1) is 12.1. The Kier molecular flexibility index (Phi) is 5.52. The molecule has 25 heavy (non-hydrogen) atoms. The van der Waals surface area contributed by atoms with Crippen LogP contribution in [0.5, 0.6) is 0 Å². The number of carbonyl (C=O) groups excluding carboxylic acids is 1. The summed E-state index contributed by atoms with van der Waals surface area (Å²) in [4.78, 5) is 34.3. The predicted molar refractivity (Wildman–Crippen MR) is 103 cm³/mol. The number of nitrogens with one attached hydrogen (secondary N) is 2. The first kappa shape index (κ1) is 17.7. The molecule has 0 spiro atoms. The maximum absolute atomic E-state index is 12.3. The maximum atomic E-state index is 12.3. The van der Waals surface area contributed by atoms with Gasteiger partial charge in [-0.2, -0.15) is 0 Å². The van der Waals surface area contributed by atoms with Crippen LogP contribution in [0.1, 0.15) is 5.82 Å². The van der Waals surface area contributed by atoms with E-state index in [0.29, 0.717) is 22.6 Å². The van der Waals surface area contributed by atoms with Crippen molar-refractivity contribution in [1.29, 1.82) is 0 Å². The van der Waals surface area contributed by atoms with Gasteiger partial charge in [0.1, 0.15) is 10.5 Å². The molecule has 1 aromatic carbocycles. The van der Waals surface area contributed by atoms with Crippen molar-refractivity contribution in [3.05, 3.63) is 51.9 Å². The normalized spacial score (nSPS) is 11.2. The number of hydrogen-bond acceptors (Lipinski definition) is 6. The van der Waals surface area contributed by atoms with Crippen molar-refractivity contribution in [2.75, 3.05) is 25.2 Å². The Morgan fingerprint density at radius 3 is 2.96 bits per heavy atom. The molecule has 2 N–H and O–H groups in total. The molecule has 2 aromatic heterocycles. The highest BCUT2D eigenvalue weighted by atomic mass is 32.2. The third-order valence-electron chi connectivity index (χ3n) is 3.58. The Morgan fingerprint density at radius 1 is 1.36 bits per heavy atom. The lowest BCUT2D eigenvalue weighted by molar-refractivity contribution is -0.117. The van der Waals surface area contributed by atoms with Crippen LogP contribution in [-0.4, -0.2) is 40.6 Å². The molecule has 0 saturated heterocycles. The predicted octanol–water partition coefficient (Wildman–Crippen LogP) is 2.78. The Labute approximate surface area is 153 Å². The maximum Gasteiger partial charge on any atom is 0.268 e. The molecule has 0 fully saturated rings. The molecule has 3 rings (SSSR count). The zero-order chi connectivity index (χ0) is 17.8. The molecule has 1 amide bonds. The number of H-pyrrole nitrogens is 1. The zero-order valence-corrected chi connectivity index (χ0v) is 15.5. The van der Waals surface area contributed by atoms with Crippen LogP contribution in [0.15, 0.2) is 45.4 Å². The van der Waals surface area contributed by atoms with Crippen molar-refractivity contribution in [3.8, 4) is 0 Å². The number of rotatable bonds is 6. The van der Waals surface area contributed by atoms with Gasteiger partial charge in [0.2, 0.25) is 5.91 Å². The Bertz CT molecular complexity index is 951. The van der Waals surface area contributed by atoms with E-state index in [9.17, 15) is 9.59 Å². The molecule has 0 aliphatic heterocycles. The zero-order valence-electron chi connectivity index (χ0n) is 13.9. The number of amides is 1. The second kappa shape index (κ2) is 7.81. The van der Waals surface area contributed by atoms with Crippen molar-refractivity contribution < 1.29 is 4.79 Å². The fraction of sp³-hybridized carbons (Fsp3) is 0.235. The van der Waals surface area contributed by atoms with Crippen LogP contribution >= 0.6 is 23.1 Å². The SMILES string of the molecule is CSc1ccccc1NC(=O)CN(C)Cc1nc2ccsc2c(=O)[nH]1. The number of anilines is 1. The smallest absolute Gasteiger partial charge is 0.268 e. The second-order valence-electron chi connectivity index (χ2n) is 5.57. The summed E-state index contributed by atoms with van der Waals surface area (Å²) in [6.45, 7) is 0.590. The highest BCUT2D eigenvalue weighted by Crippen LogP contribution is 2.24. The second-order valence-corrected chi connectivity index (χ2v) is 7.33. The van der Waals surface area contributed by atoms with Crippen molar-refractivity contribution in [2.45, 2.75) is 11.4 Å². The average Bonchev–Trinajstić information content (AvgIpc) is 3.04. The number of carbonyl (C=O) groups is 1. The molecule has 0 aliphatic carbocycles. The number of thiophene rings is 1. The highest BCUT2D eigenvalue weighted by molar-refractivity contribution is 7.98. The molecule has 6 nitrogen and oxygen atoms in total. The van der Waals surface area contributed by atoms with E-state index in [-0.39, 0.29) is 18.0 Å². The van der Waals surface area contributed by atoms with Gasteiger partial charge in [0.25, 0.3) is 5.56 Å². The average molecular weight is 374 g/mol. The molecule has 3 aromatic rings. The Morgan fingerprint density at radius 2 is 2.16 bits per heavy atom. The van der Waals surface area contributed by atoms with E-state index in [2.05, 4.69) is 15.3 Å². The van der Waals surface area contributed by atoms with Crippen LogP contribution < -0.4 is 10.9 Å². The summed E-state index contributed by atoms with van der Waals surface area (Å²) < 4.78 is 0.623. The third kappa shape index (κ3) is 4.28. The summed E-state index contributed by atoms with van der Waals surface area (Å²) in [6, 6.07) is 9.51. The lowest BCUT2D eigenvalue weighted by Gasteiger charge is -2.16. The van der Waals surface area contributed by atoms with Gasteiger partial charge in [-0.25, -0.2) is 4.98 Å². The van der Waals surface area contributed by atoms with Crippen LogP contribution in [0.4, 0.5) is 5.69 Å². The number of para-hydroxylation sites is 1. The summed E-state index contributed by atoms with van der Waals surface area (Å²) >= 11 is 2.96. The van der Waals surface area contributed by atoms with Gasteiger partial charge in [-0.05, 0) is 36.9 Å². The summed E-state index contributed by atoms with van der Waals surface area (Å²) in [5, 5.41) is 4.77. The number of benzene rings is 1. The molecule has 0 aliphatic rings. The lowest BCUT2D eigenvalue weighted by atomic mass is 10.3. The number of aromatic nitrogens is 2. The van der Waals surface area contributed by atoms with E-state index in [1.807, 2.05) is 53.9 Å². The Balaban J connectivity index is 1.64. The molecular weight excluding hydrogens is 356 g/mol. The summed E-state index contributed by atoms with van der Waals surface area (Å²) in [7, 11) is 1.82. The van der Waals surface area contributed by atoms with Gasteiger partial charge in [0.05, 0.1) is 24.3 Å². The van der Waals surface area contributed by atoms with E-state index >= 15 is 0 Å². The van der Waals surface area contributed by atoms with Gasteiger partial charge < -0.3 is 10.3 Å². The standard InChI is InChI=1S/C17H18N4O2S2/c1-21(9-14-18-12-7-8-25-16(12)17(23)20-14)10-15(22)19-11-5-3-4-6-13(11)24-2/h3-8H,9-10H2,1-2H3,(H,19,22)(H,18,20,23). The molecule has 130 valence electrons. The van der Waals surface area contributed by atoms with E-state index in [1.54, 1.807) is 11.8 Å². The summed E-state index contributed by atoms with van der Waals surface area (Å²) in [5.74, 6) is 0.443. The molecular formula is C17H18N4O2S2. The van der Waals surface area contributed by atoms with Crippen LogP contribution in [0.3, 0.4) is 0 Å². The number of fused-ring (bicyclic) bond motifs is 1. The van der Waals surface area contributed by atoms with Crippen molar-refractivity contribution in [1.82, 2.24) is 14.9 Å². The molecule has 2 heterocycles. The third-order valence-corrected chi connectivity index (χ3v) is 5.28. The van der Waals surface area contributed by atoms with Crippen LogP contribution in [0.2, 0.25) is 0 Å². The Hall–Kier alpha value is -2.16. The van der Waals surface area contributed by atoms with E-state index in [0.717, 1.165) is 10.6 Å². The van der Waals surface area contributed by atoms with Crippen molar-refractivity contribution in [2.24, 2.45) is 0 Å². The minimum absolute atomic E-state index is 0.108. The number of nitrogens with zero attached hydrogens (tertiary/aromatic N) is 2. The van der Waals surface area contributed by atoms with Crippen molar-refractivity contribution in [3.63, 3.8) is 0 Å². The number of likely N-dealkylation sites (N-methyl/N-ethyl adjacent to an activating group) is 1. The molecule has 0 radical (unpaired) electrons. The topological polar surface area (TPSA) is 78.1 Å². The van der Waals surface area contributed by atoms with Gasteiger partial charge in [0, 0.05) is 4.90 Å². The fourth-order valence-electron chi connectivity index (χ4n) is 2.49. The minimum atomic E-state index is -0.137. The van der Waals surface area contributed by atoms with Gasteiger partial charge in [0.15, 0.2) is 0 Å². The minimum Gasteiger partial charge on any atom is -0.324 e. The fourth-order valence-corrected chi connectivity index (χ4v) is 3.77. The number of thioether (sulfide) groups is 1. The summed E-state index contributed by atoms with van der Waals surface area (Å²) in [6.07, 6.45) is 1.97. The van der Waals surface area contributed by atoms with Crippen LogP contribution in [0.25, 0.3) is 10.2 Å². The van der Waals surface area contributed by atoms with E-state index in [4.69, 9.17) is 0 Å². The first-order valence-electron chi connectivity index (χ1n) is 7.64. The molecule has 0 unspecified atom stereocenters. The largest absolute Gasteiger partial charge is 0.324 e. The van der Waals surface area contributed by atoms with Crippen molar-refractivity contribution >= 4 is 44.9 Å². The lowest BCUT2D eigenvalue weighted by Crippen LogP contribution is -2.31. The van der Waals surface area contributed by atoms with Gasteiger partial charge in [-0.1, -0.05) is 12.1 Å². The quantitative estimate of drug-likeness (QED) is 0.649. The number of hydrogen-bond donors (Lipinski definition) is 2. The van der Waals surface area contributed by atoms with E-state index in [1.165, 1.54) is 11.3 Å². The molecule has 8 heteroatoms. The number of aromatic amines is 1. The van der Waals surface area contributed by atoms with Gasteiger partial charge >= 0.3 is 0 Å². The highest BCUT2D eigenvalue weighted by Gasteiger charge is 2.12. The first-order valence-corrected chi connectivity index (χ1v) is 9.75. The van der Waals surface area contributed by atoms with Crippen LogP contribution in [-0.2, 0) is 11.3 Å². The van der Waals surface area contributed by atoms with E-state index < -0.39 is 0 Å². The molecule has 0 atom stereocenters. The summed E-state index contributed by atoms with van der Waals surface area (Å²) in [5.41, 5.74) is 1.36. The van der Waals surface area contributed by atoms with Crippen LogP contribution in [0, 0.1) is 0 Å².